The Hall–Kier alpha value is -1.54. The SMILES string of the molecule is N#C[C@@]12[C@H](c3cccc(Br)c3)[C@]1(C#N)C(N)=[NH+][C@@]21OCCS1. The van der Waals surface area contributed by atoms with Crippen LogP contribution in [0.25, 0.3) is 0 Å². The van der Waals surface area contributed by atoms with E-state index in [1.165, 1.54) is 11.8 Å². The van der Waals surface area contributed by atoms with Gasteiger partial charge in [0.25, 0.3) is 10.9 Å². The molecule has 2 aliphatic heterocycles. The van der Waals surface area contributed by atoms with Gasteiger partial charge in [0.15, 0.2) is 10.8 Å². The predicted octanol–water partition coefficient (Wildman–Crippen LogP) is 0.435. The van der Waals surface area contributed by atoms with Crippen LogP contribution >= 0.6 is 27.7 Å². The highest BCUT2D eigenvalue weighted by atomic mass is 79.9. The molecule has 4 atom stereocenters. The zero-order chi connectivity index (χ0) is 15.6. The summed E-state index contributed by atoms with van der Waals surface area (Å²) in [5.74, 6) is 0.825. The Labute approximate surface area is 140 Å². The maximum Gasteiger partial charge on any atom is 0.277 e. The van der Waals surface area contributed by atoms with E-state index in [9.17, 15) is 10.5 Å². The van der Waals surface area contributed by atoms with Crippen LogP contribution in [0.5, 0.6) is 0 Å². The van der Waals surface area contributed by atoms with Crippen LogP contribution in [-0.4, -0.2) is 23.3 Å². The Bertz CT molecular complexity index is 791. The molecule has 2 fully saturated rings. The van der Waals surface area contributed by atoms with Gasteiger partial charge in [0.05, 0.1) is 18.7 Å². The van der Waals surface area contributed by atoms with Crippen LogP contribution in [0.3, 0.4) is 0 Å². The highest BCUT2D eigenvalue weighted by Gasteiger charge is 2.96. The van der Waals surface area contributed by atoms with Crippen molar-refractivity contribution in [2.75, 3.05) is 12.4 Å². The van der Waals surface area contributed by atoms with Gasteiger partial charge in [0.2, 0.25) is 0 Å². The summed E-state index contributed by atoms with van der Waals surface area (Å²) in [4.78, 5) is 3.11. The molecule has 22 heavy (non-hydrogen) atoms. The molecule has 0 aromatic heterocycles. The molecule has 0 unspecified atom stereocenters. The first-order valence-electron chi connectivity index (χ1n) is 6.85. The van der Waals surface area contributed by atoms with Crippen LogP contribution in [0.15, 0.2) is 28.7 Å². The van der Waals surface area contributed by atoms with Crippen LogP contribution in [0.1, 0.15) is 11.5 Å². The Morgan fingerprint density at radius 3 is 2.82 bits per heavy atom. The lowest BCUT2D eigenvalue weighted by Crippen LogP contribution is -2.88. The standard InChI is InChI=1S/C15H11BrN4OS/c16-10-3-1-2-9(6-10)11-13(7-17)12(19)20-15(14(11,13)8-18)21-4-5-22-15/h1-3,6,11H,4-5H2,(H2,19,20)/p+1/t11-,13-,14-,15-/m1/s1. The van der Waals surface area contributed by atoms with Crippen molar-refractivity contribution in [3.05, 3.63) is 34.3 Å². The molecule has 3 aliphatic rings. The summed E-state index contributed by atoms with van der Waals surface area (Å²) in [5, 5.41) is 18.9. The summed E-state index contributed by atoms with van der Waals surface area (Å²) in [6.07, 6.45) is 0. The fraction of sp³-hybridized carbons (Fsp3) is 0.400. The molecule has 5 nitrogen and oxygen atoms in total. The zero-order valence-corrected chi connectivity index (χ0v) is 13.9. The minimum absolute atomic E-state index is 0.292. The second kappa shape index (κ2) is 4.26. The van der Waals surface area contributed by atoms with E-state index in [0.29, 0.717) is 12.4 Å². The van der Waals surface area contributed by atoms with E-state index in [-0.39, 0.29) is 5.92 Å². The van der Waals surface area contributed by atoms with Crippen LogP contribution in [-0.2, 0) is 4.74 Å². The number of nitrogens with one attached hydrogen (secondary N) is 1. The monoisotopic (exact) mass is 375 g/mol. The van der Waals surface area contributed by atoms with Gasteiger partial charge in [0, 0.05) is 16.1 Å². The number of nitrogens with zero attached hydrogens (tertiary/aromatic N) is 2. The summed E-state index contributed by atoms with van der Waals surface area (Å²) in [6.45, 7) is 0.543. The van der Waals surface area contributed by atoms with E-state index in [4.69, 9.17) is 10.5 Å². The number of fused-ring (bicyclic) bond motifs is 2. The summed E-state index contributed by atoms with van der Waals surface area (Å²) < 4.78 is 6.81. The van der Waals surface area contributed by atoms with Gasteiger partial charge >= 0.3 is 0 Å². The van der Waals surface area contributed by atoms with Gasteiger partial charge in [-0.1, -0.05) is 39.8 Å². The van der Waals surface area contributed by atoms with E-state index in [1.54, 1.807) is 0 Å². The Morgan fingerprint density at radius 1 is 1.41 bits per heavy atom. The van der Waals surface area contributed by atoms with Gasteiger partial charge in [-0.15, -0.1) is 0 Å². The summed E-state index contributed by atoms with van der Waals surface area (Å²) in [7, 11) is 0. The lowest BCUT2D eigenvalue weighted by atomic mass is 9.95. The summed E-state index contributed by atoms with van der Waals surface area (Å²) >= 11 is 4.98. The van der Waals surface area contributed by atoms with Crippen molar-refractivity contribution in [3.63, 3.8) is 0 Å². The first kappa shape index (κ1) is 14.1. The molecule has 1 saturated carbocycles. The number of hydrogen-bond acceptors (Lipinski definition) is 5. The zero-order valence-electron chi connectivity index (χ0n) is 11.5. The van der Waals surface area contributed by atoms with Gasteiger partial charge < -0.3 is 4.74 Å². The number of ether oxygens (including phenoxy) is 1. The van der Waals surface area contributed by atoms with Crippen molar-refractivity contribution in [1.29, 1.82) is 10.5 Å². The minimum Gasteiger partial charge on any atom is -0.327 e. The normalized spacial score (nSPS) is 41.6. The molecule has 2 heterocycles. The van der Waals surface area contributed by atoms with E-state index in [1.807, 2.05) is 24.3 Å². The highest BCUT2D eigenvalue weighted by Crippen LogP contribution is 2.80. The van der Waals surface area contributed by atoms with E-state index in [0.717, 1.165) is 15.8 Å². The number of rotatable bonds is 1. The number of halogens is 1. The highest BCUT2D eigenvalue weighted by molar-refractivity contribution is 9.10. The van der Waals surface area contributed by atoms with Crippen molar-refractivity contribution in [2.24, 2.45) is 16.6 Å². The molecule has 1 aromatic carbocycles. The smallest absolute Gasteiger partial charge is 0.277 e. The third-order valence-electron chi connectivity index (χ3n) is 4.88. The maximum atomic E-state index is 9.99. The molecule has 0 radical (unpaired) electrons. The lowest BCUT2D eigenvalue weighted by molar-refractivity contribution is -0.583. The molecule has 3 N–H and O–H groups in total. The van der Waals surface area contributed by atoms with Gasteiger partial charge in [-0.2, -0.15) is 10.5 Å². The largest absolute Gasteiger partial charge is 0.327 e. The average Bonchev–Trinajstić information content (AvgIpc) is 2.77. The Kier molecular flexibility index (Phi) is 2.73. The average molecular weight is 376 g/mol. The molecule has 7 heteroatoms. The first-order chi connectivity index (χ1) is 10.6. The van der Waals surface area contributed by atoms with Crippen molar-refractivity contribution in [1.82, 2.24) is 0 Å². The minimum atomic E-state index is -1.04. The third kappa shape index (κ3) is 1.27. The van der Waals surface area contributed by atoms with Crippen LogP contribution in [0.4, 0.5) is 0 Å². The molecular formula is C15H12BrN4OS+. The number of nitriles is 2. The fourth-order valence-corrected chi connectivity index (χ4v) is 5.78. The van der Waals surface area contributed by atoms with E-state index >= 15 is 0 Å². The summed E-state index contributed by atoms with van der Waals surface area (Å²) in [6, 6.07) is 12.4. The van der Waals surface area contributed by atoms with E-state index in [2.05, 4.69) is 33.1 Å². The van der Waals surface area contributed by atoms with Crippen molar-refractivity contribution in [2.45, 2.75) is 11.0 Å². The quantitative estimate of drug-likeness (QED) is 0.741. The second-order valence-corrected chi connectivity index (χ2v) is 7.87. The van der Waals surface area contributed by atoms with Crippen LogP contribution in [0.2, 0.25) is 0 Å². The molecule has 4 rings (SSSR count). The third-order valence-corrected chi connectivity index (χ3v) is 6.69. The van der Waals surface area contributed by atoms with Crippen LogP contribution < -0.4 is 10.7 Å². The number of benzene rings is 1. The Morgan fingerprint density at radius 2 is 2.23 bits per heavy atom. The van der Waals surface area contributed by atoms with Gasteiger partial charge in [-0.3, -0.25) is 5.73 Å². The topological polar surface area (TPSA) is 96.8 Å². The number of thioether (sulfide) groups is 1. The molecule has 1 spiro atoms. The predicted molar refractivity (Wildman–Crippen MR) is 84.3 cm³/mol. The second-order valence-electron chi connectivity index (χ2n) is 5.68. The number of amidine groups is 1. The fourth-order valence-electron chi connectivity index (χ4n) is 4.00. The van der Waals surface area contributed by atoms with Crippen LogP contribution in [0, 0.1) is 33.5 Å². The number of hydrogen-bond donors (Lipinski definition) is 2. The summed E-state index contributed by atoms with van der Waals surface area (Å²) in [5.41, 5.74) is 5.06. The number of nitrogens with two attached hydrogens (primary N) is 1. The Balaban J connectivity index is 1.94. The van der Waals surface area contributed by atoms with Crippen molar-refractivity contribution in [3.8, 4) is 12.1 Å². The van der Waals surface area contributed by atoms with E-state index < -0.39 is 15.9 Å². The molecule has 0 amide bonds. The molecular weight excluding hydrogens is 364 g/mol. The first-order valence-corrected chi connectivity index (χ1v) is 8.63. The lowest BCUT2D eigenvalue weighted by Gasteiger charge is -2.23. The molecule has 0 bridgehead atoms. The molecule has 110 valence electrons. The van der Waals surface area contributed by atoms with Gasteiger partial charge in [0.1, 0.15) is 0 Å². The van der Waals surface area contributed by atoms with Gasteiger partial charge in [-0.05, 0) is 17.7 Å². The van der Waals surface area contributed by atoms with Gasteiger partial charge in [-0.25, -0.2) is 4.99 Å². The molecule has 1 saturated heterocycles. The molecule has 1 aromatic rings. The molecule has 1 aliphatic carbocycles. The van der Waals surface area contributed by atoms with Crippen molar-refractivity contribution >= 4 is 33.5 Å². The van der Waals surface area contributed by atoms with Crippen molar-refractivity contribution < 1.29 is 9.73 Å². The maximum absolute atomic E-state index is 9.99.